The summed E-state index contributed by atoms with van der Waals surface area (Å²) >= 11 is 0. The maximum atomic E-state index is 13.0. The summed E-state index contributed by atoms with van der Waals surface area (Å²) in [5.41, 5.74) is 5.57. The minimum absolute atomic E-state index is 0.351. The molecule has 0 saturated carbocycles. The fraction of sp³-hybridized carbons (Fsp3) is 0.500. The Bertz CT molecular complexity index is 831. The van der Waals surface area contributed by atoms with Crippen LogP contribution in [0.5, 0.6) is 0 Å². The molecule has 2 aliphatic heterocycles. The SMILES string of the molecule is Cc1ccccc1CCCC(=O)N1CCCC1CN1CCCCc2ccccc21. The number of fused-ring (bicyclic) bond motifs is 1. The summed E-state index contributed by atoms with van der Waals surface area (Å²) in [4.78, 5) is 17.7. The standard InChI is InChI=1S/C26H34N2O/c1-21-10-2-3-11-22(21)14-8-17-26(29)28-19-9-15-24(28)20-27-18-7-6-13-23-12-4-5-16-25(23)27/h2-5,10-12,16,24H,6-9,13-15,17-20H2,1H3. The van der Waals surface area contributed by atoms with Crippen molar-refractivity contribution < 1.29 is 4.79 Å². The third-order valence-electron chi connectivity index (χ3n) is 6.68. The number of rotatable bonds is 6. The molecule has 154 valence electrons. The van der Waals surface area contributed by atoms with Crippen molar-refractivity contribution in [3.05, 3.63) is 65.2 Å². The van der Waals surface area contributed by atoms with Crippen LogP contribution in [0.15, 0.2) is 48.5 Å². The molecule has 3 heteroatoms. The zero-order valence-electron chi connectivity index (χ0n) is 17.8. The summed E-state index contributed by atoms with van der Waals surface area (Å²) in [6.07, 6.45) is 8.58. The molecular weight excluding hydrogens is 356 g/mol. The zero-order valence-corrected chi connectivity index (χ0v) is 17.8. The van der Waals surface area contributed by atoms with E-state index >= 15 is 0 Å². The molecule has 1 unspecified atom stereocenters. The van der Waals surface area contributed by atoms with E-state index in [9.17, 15) is 4.79 Å². The highest BCUT2D eigenvalue weighted by Gasteiger charge is 2.30. The molecule has 0 bridgehead atoms. The van der Waals surface area contributed by atoms with E-state index < -0.39 is 0 Å². The maximum absolute atomic E-state index is 13.0. The zero-order chi connectivity index (χ0) is 20.1. The minimum Gasteiger partial charge on any atom is -0.369 e. The highest BCUT2D eigenvalue weighted by atomic mass is 16.2. The molecular formula is C26H34N2O. The number of hydrogen-bond acceptors (Lipinski definition) is 2. The average Bonchev–Trinajstić information content (AvgIpc) is 3.10. The van der Waals surface area contributed by atoms with Crippen molar-refractivity contribution in [2.45, 2.75) is 64.3 Å². The molecule has 4 rings (SSSR count). The van der Waals surface area contributed by atoms with Crippen molar-refractivity contribution in [3.63, 3.8) is 0 Å². The van der Waals surface area contributed by atoms with Crippen LogP contribution in [0.1, 0.15) is 55.2 Å². The van der Waals surface area contributed by atoms with E-state index in [0.717, 1.165) is 45.3 Å². The second-order valence-electron chi connectivity index (χ2n) is 8.70. The molecule has 29 heavy (non-hydrogen) atoms. The van der Waals surface area contributed by atoms with Gasteiger partial charge >= 0.3 is 0 Å². The third-order valence-corrected chi connectivity index (χ3v) is 6.68. The van der Waals surface area contributed by atoms with Gasteiger partial charge in [-0.25, -0.2) is 0 Å². The molecule has 1 fully saturated rings. The Kier molecular flexibility index (Phi) is 6.53. The molecule has 0 N–H and O–H groups in total. The van der Waals surface area contributed by atoms with Crippen LogP contribution < -0.4 is 4.90 Å². The van der Waals surface area contributed by atoms with E-state index in [1.54, 1.807) is 0 Å². The normalized spacial score (nSPS) is 19.1. The summed E-state index contributed by atoms with van der Waals surface area (Å²) in [7, 11) is 0. The van der Waals surface area contributed by atoms with Gasteiger partial charge in [0.2, 0.25) is 5.91 Å². The quantitative estimate of drug-likeness (QED) is 0.681. The number of para-hydroxylation sites is 1. The summed E-state index contributed by atoms with van der Waals surface area (Å²) in [5, 5.41) is 0. The van der Waals surface area contributed by atoms with Crippen molar-refractivity contribution in [1.29, 1.82) is 0 Å². The lowest BCUT2D eigenvalue weighted by atomic mass is 10.0. The number of benzene rings is 2. The van der Waals surface area contributed by atoms with E-state index in [-0.39, 0.29) is 0 Å². The third kappa shape index (κ3) is 4.83. The molecule has 0 aromatic heterocycles. The Labute approximate surface area is 175 Å². The second-order valence-corrected chi connectivity index (χ2v) is 8.70. The van der Waals surface area contributed by atoms with E-state index in [1.165, 1.54) is 41.6 Å². The lowest BCUT2D eigenvalue weighted by molar-refractivity contribution is -0.131. The van der Waals surface area contributed by atoms with Crippen molar-refractivity contribution in [1.82, 2.24) is 4.90 Å². The smallest absolute Gasteiger partial charge is 0.222 e. The van der Waals surface area contributed by atoms with E-state index in [0.29, 0.717) is 18.4 Å². The van der Waals surface area contributed by atoms with Crippen LogP contribution in [0.3, 0.4) is 0 Å². The highest BCUT2D eigenvalue weighted by molar-refractivity contribution is 5.77. The summed E-state index contributed by atoms with van der Waals surface area (Å²) in [6.45, 7) is 5.19. The first kappa shape index (κ1) is 20.0. The van der Waals surface area contributed by atoms with E-state index in [2.05, 4.69) is 65.3 Å². The van der Waals surface area contributed by atoms with Crippen LogP contribution in [-0.4, -0.2) is 36.5 Å². The number of hydrogen-bond donors (Lipinski definition) is 0. The Morgan fingerprint density at radius 3 is 2.72 bits per heavy atom. The van der Waals surface area contributed by atoms with Gasteiger partial charge in [0, 0.05) is 37.8 Å². The van der Waals surface area contributed by atoms with Crippen LogP contribution in [0.2, 0.25) is 0 Å². The van der Waals surface area contributed by atoms with Gasteiger partial charge in [0.15, 0.2) is 0 Å². The van der Waals surface area contributed by atoms with Crippen LogP contribution in [0.4, 0.5) is 5.69 Å². The number of aryl methyl sites for hydroxylation is 3. The lowest BCUT2D eigenvalue weighted by Crippen LogP contribution is -2.43. The summed E-state index contributed by atoms with van der Waals surface area (Å²) in [6, 6.07) is 17.7. The van der Waals surface area contributed by atoms with Gasteiger partial charge in [-0.05, 0) is 74.6 Å². The van der Waals surface area contributed by atoms with Crippen molar-refractivity contribution in [2.75, 3.05) is 24.5 Å². The summed E-state index contributed by atoms with van der Waals surface area (Å²) < 4.78 is 0. The van der Waals surface area contributed by atoms with Crippen molar-refractivity contribution in [3.8, 4) is 0 Å². The molecule has 1 saturated heterocycles. The molecule has 3 nitrogen and oxygen atoms in total. The molecule has 1 atom stereocenters. The van der Waals surface area contributed by atoms with Crippen LogP contribution in [0.25, 0.3) is 0 Å². The predicted octanol–water partition coefficient (Wildman–Crippen LogP) is 5.15. The van der Waals surface area contributed by atoms with E-state index in [4.69, 9.17) is 0 Å². The van der Waals surface area contributed by atoms with Crippen molar-refractivity contribution in [2.24, 2.45) is 0 Å². The second kappa shape index (κ2) is 9.47. The number of anilines is 1. The van der Waals surface area contributed by atoms with Gasteiger partial charge in [0.25, 0.3) is 0 Å². The van der Waals surface area contributed by atoms with Crippen LogP contribution in [0, 0.1) is 6.92 Å². The van der Waals surface area contributed by atoms with Gasteiger partial charge in [0.1, 0.15) is 0 Å². The number of nitrogens with zero attached hydrogens (tertiary/aromatic N) is 2. The Morgan fingerprint density at radius 2 is 1.83 bits per heavy atom. The number of carbonyl (C=O) groups is 1. The molecule has 2 heterocycles. The number of likely N-dealkylation sites (tertiary alicyclic amines) is 1. The monoisotopic (exact) mass is 390 g/mol. The lowest BCUT2D eigenvalue weighted by Gasteiger charge is -2.32. The number of amides is 1. The summed E-state index contributed by atoms with van der Waals surface area (Å²) in [5.74, 6) is 0.351. The average molecular weight is 391 g/mol. The van der Waals surface area contributed by atoms with E-state index in [1.807, 2.05) is 0 Å². The van der Waals surface area contributed by atoms with Gasteiger partial charge < -0.3 is 9.80 Å². The fourth-order valence-corrected chi connectivity index (χ4v) is 5.03. The highest BCUT2D eigenvalue weighted by Crippen LogP contribution is 2.29. The van der Waals surface area contributed by atoms with Gasteiger partial charge in [-0.2, -0.15) is 0 Å². The molecule has 0 aliphatic carbocycles. The van der Waals surface area contributed by atoms with Crippen LogP contribution >= 0.6 is 0 Å². The molecule has 2 aromatic carbocycles. The van der Waals surface area contributed by atoms with Gasteiger partial charge in [-0.3, -0.25) is 4.79 Å². The van der Waals surface area contributed by atoms with Crippen LogP contribution in [-0.2, 0) is 17.6 Å². The van der Waals surface area contributed by atoms with Gasteiger partial charge in [-0.15, -0.1) is 0 Å². The molecule has 0 radical (unpaired) electrons. The Balaban J connectivity index is 1.35. The topological polar surface area (TPSA) is 23.6 Å². The first-order valence-corrected chi connectivity index (χ1v) is 11.4. The number of carbonyl (C=O) groups excluding carboxylic acids is 1. The van der Waals surface area contributed by atoms with Gasteiger partial charge in [-0.1, -0.05) is 42.5 Å². The Hall–Kier alpha value is -2.29. The fourth-order valence-electron chi connectivity index (χ4n) is 5.03. The largest absolute Gasteiger partial charge is 0.369 e. The van der Waals surface area contributed by atoms with Crippen molar-refractivity contribution >= 4 is 11.6 Å². The predicted molar refractivity (Wildman–Crippen MR) is 120 cm³/mol. The Morgan fingerprint density at radius 1 is 1.00 bits per heavy atom. The molecule has 1 amide bonds. The molecule has 0 spiro atoms. The first-order chi connectivity index (χ1) is 14.2. The molecule has 2 aromatic rings. The molecule has 2 aliphatic rings. The van der Waals surface area contributed by atoms with Gasteiger partial charge in [0.05, 0.1) is 0 Å². The maximum Gasteiger partial charge on any atom is 0.222 e. The minimum atomic E-state index is 0.351. The first-order valence-electron chi connectivity index (χ1n) is 11.4.